The molecule has 0 saturated heterocycles. The highest BCUT2D eigenvalue weighted by Gasteiger charge is 2.25. The third-order valence-corrected chi connectivity index (χ3v) is 5.72. The Bertz CT molecular complexity index is 536. The van der Waals surface area contributed by atoms with Gasteiger partial charge in [-0.1, -0.05) is 28.9 Å². The van der Waals surface area contributed by atoms with Crippen molar-refractivity contribution in [3.63, 3.8) is 0 Å². The van der Waals surface area contributed by atoms with Crippen LogP contribution >= 0.6 is 15.9 Å². The fourth-order valence-electron chi connectivity index (χ4n) is 3.54. The quantitative estimate of drug-likeness (QED) is 0.556. The summed E-state index contributed by atoms with van der Waals surface area (Å²) >= 11 is 3.56. The summed E-state index contributed by atoms with van der Waals surface area (Å²) in [6.07, 6.45) is 6.54. The van der Waals surface area contributed by atoms with Crippen molar-refractivity contribution < 1.29 is 14.3 Å². The van der Waals surface area contributed by atoms with E-state index in [1.165, 1.54) is 18.4 Å². The highest BCUT2D eigenvalue weighted by molar-refractivity contribution is 9.10. The van der Waals surface area contributed by atoms with Crippen molar-refractivity contribution >= 4 is 21.9 Å². The molecule has 0 heterocycles. The van der Waals surface area contributed by atoms with Crippen LogP contribution in [-0.4, -0.2) is 18.7 Å². The van der Waals surface area contributed by atoms with Crippen LogP contribution in [0.1, 0.15) is 57.9 Å². The number of hydrogen-bond donors (Lipinski definition) is 0. The van der Waals surface area contributed by atoms with Crippen molar-refractivity contribution in [3.05, 3.63) is 28.2 Å². The first-order valence-corrected chi connectivity index (χ1v) is 9.86. The topological polar surface area (TPSA) is 35.5 Å². The van der Waals surface area contributed by atoms with Crippen LogP contribution in [0.2, 0.25) is 0 Å². The number of hydrogen-bond acceptors (Lipinski definition) is 3. The normalized spacial score (nSPS) is 22.0. The van der Waals surface area contributed by atoms with Gasteiger partial charge in [0.2, 0.25) is 0 Å². The van der Waals surface area contributed by atoms with Crippen LogP contribution in [0.3, 0.4) is 0 Å². The number of rotatable bonds is 7. The summed E-state index contributed by atoms with van der Waals surface area (Å²) in [6, 6.07) is 6.12. The van der Waals surface area contributed by atoms with E-state index in [2.05, 4.69) is 29.8 Å². The fourth-order valence-corrected chi connectivity index (χ4v) is 3.89. The number of carbonyl (C=O) groups is 1. The highest BCUT2D eigenvalue weighted by Crippen LogP contribution is 2.34. The molecule has 0 N–H and O–H groups in total. The molecule has 2 rings (SSSR count). The molecule has 1 aromatic rings. The smallest absolute Gasteiger partial charge is 0.306 e. The minimum atomic E-state index is -0.0628. The maximum atomic E-state index is 11.6. The molecule has 0 aliphatic heterocycles. The second kappa shape index (κ2) is 9.45. The molecule has 3 nitrogen and oxygen atoms in total. The first-order chi connectivity index (χ1) is 11.5. The molecule has 1 aliphatic carbocycles. The molecule has 1 atom stereocenters. The molecular weight excluding hydrogens is 368 g/mol. The average Bonchev–Trinajstić information content (AvgIpc) is 2.53. The molecule has 0 amide bonds. The largest absolute Gasteiger partial charge is 0.490 e. The lowest BCUT2D eigenvalue weighted by Gasteiger charge is -2.30. The minimum absolute atomic E-state index is 0.0628. The summed E-state index contributed by atoms with van der Waals surface area (Å²) in [6.45, 7) is 6.58. The summed E-state index contributed by atoms with van der Waals surface area (Å²) in [5, 5.41) is 0. The zero-order chi connectivity index (χ0) is 17.5. The second-order valence-electron chi connectivity index (χ2n) is 6.97. The Labute approximate surface area is 154 Å². The maximum absolute atomic E-state index is 11.6. The number of halogens is 1. The molecular formula is C20H29BrO3. The molecule has 4 heteroatoms. The van der Waals surface area contributed by atoms with Crippen LogP contribution in [0.5, 0.6) is 5.75 Å². The summed E-state index contributed by atoms with van der Waals surface area (Å²) in [7, 11) is 0. The van der Waals surface area contributed by atoms with Crippen LogP contribution < -0.4 is 4.74 Å². The van der Waals surface area contributed by atoms with Crippen molar-refractivity contribution in [3.8, 4) is 5.75 Å². The van der Waals surface area contributed by atoms with Crippen molar-refractivity contribution in [2.45, 2.75) is 65.4 Å². The number of ether oxygens (including phenoxy) is 2. The number of benzene rings is 1. The summed E-state index contributed by atoms with van der Waals surface area (Å²) in [5.41, 5.74) is 1.17. The van der Waals surface area contributed by atoms with E-state index in [1.54, 1.807) is 0 Å². The summed E-state index contributed by atoms with van der Waals surface area (Å²) in [4.78, 5) is 11.6. The van der Waals surface area contributed by atoms with Gasteiger partial charge in [-0.25, -0.2) is 0 Å². The average molecular weight is 397 g/mol. The van der Waals surface area contributed by atoms with E-state index in [1.807, 2.05) is 25.1 Å². The lowest BCUT2D eigenvalue weighted by atomic mass is 9.81. The van der Waals surface area contributed by atoms with Gasteiger partial charge in [-0.05, 0) is 69.9 Å². The molecule has 134 valence electrons. The summed E-state index contributed by atoms with van der Waals surface area (Å²) in [5.74, 6) is 2.03. The minimum Gasteiger partial charge on any atom is -0.490 e. The molecule has 1 unspecified atom stereocenters. The predicted molar refractivity (Wildman–Crippen MR) is 100 cm³/mol. The van der Waals surface area contributed by atoms with Crippen molar-refractivity contribution in [1.82, 2.24) is 0 Å². The van der Waals surface area contributed by atoms with E-state index in [9.17, 15) is 4.79 Å². The molecule has 0 aromatic heterocycles. The van der Waals surface area contributed by atoms with Gasteiger partial charge in [0.1, 0.15) is 5.75 Å². The molecule has 0 bridgehead atoms. The van der Waals surface area contributed by atoms with E-state index < -0.39 is 0 Å². The zero-order valence-electron chi connectivity index (χ0n) is 15.0. The van der Waals surface area contributed by atoms with Crippen molar-refractivity contribution in [1.29, 1.82) is 0 Å². The predicted octanol–water partition coefficient (Wildman–Crippen LogP) is 5.67. The van der Waals surface area contributed by atoms with Gasteiger partial charge in [-0.2, -0.15) is 0 Å². The van der Waals surface area contributed by atoms with Crippen molar-refractivity contribution in [2.75, 3.05) is 6.61 Å². The third kappa shape index (κ3) is 5.80. The number of esters is 1. The van der Waals surface area contributed by atoms with Crippen LogP contribution in [-0.2, 0) is 9.53 Å². The van der Waals surface area contributed by atoms with Crippen LogP contribution in [0.4, 0.5) is 0 Å². The first-order valence-electron chi connectivity index (χ1n) is 9.07. The highest BCUT2D eigenvalue weighted by atomic mass is 79.9. The molecule has 1 aliphatic rings. The lowest BCUT2D eigenvalue weighted by Crippen LogP contribution is -2.25. The SMILES string of the molecule is CCOC(=O)CC(C)C[C@H]1CC[C@H](Oc2cccc(Br)c2C)CC1. The van der Waals surface area contributed by atoms with Gasteiger partial charge in [0.25, 0.3) is 0 Å². The van der Waals surface area contributed by atoms with Gasteiger partial charge in [0, 0.05) is 16.5 Å². The first kappa shape index (κ1) is 19.3. The fraction of sp³-hybridized carbons (Fsp3) is 0.650. The Morgan fingerprint density at radius 2 is 2.00 bits per heavy atom. The van der Waals surface area contributed by atoms with Gasteiger partial charge >= 0.3 is 5.97 Å². The molecule has 1 fully saturated rings. The molecule has 1 saturated carbocycles. The molecule has 24 heavy (non-hydrogen) atoms. The Balaban J connectivity index is 1.75. The zero-order valence-corrected chi connectivity index (χ0v) is 16.6. The van der Waals surface area contributed by atoms with E-state index in [0.717, 1.165) is 29.5 Å². The van der Waals surface area contributed by atoms with E-state index in [0.29, 0.717) is 31.0 Å². The van der Waals surface area contributed by atoms with E-state index in [-0.39, 0.29) is 5.97 Å². The molecule has 1 aromatic carbocycles. The Morgan fingerprint density at radius 1 is 1.29 bits per heavy atom. The summed E-state index contributed by atoms with van der Waals surface area (Å²) < 4.78 is 12.4. The monoisotopic (exact) mass is 396 g/mol. The second-order valence-corrected chi connectivity index (χ2v) is 7.83. The Hall–Kier alpha value is -1.03. The maximum Gasteiger partial charge on any atom is 0.306 e. The molecule has 0 spiro atoms. The van der Waals surface area contributed by atoms with E-state index >= 15 is 0 Å². The van der Waals surface area contributed by atoms with Gasteiger partial charge in [0.15, 0.2) is 0 Å². The van der Waals surface area contributed by atoms with Gasteiger partial charge in [-0.15, -0.1) is 0 Å². The Morgan fingerprint density at radius 3 is 2.67 bits per heavy atom. The molecule has 0 radical (unpaired) electrons. The Kier molecular flexibility index (Phi) is 7.60. The standard InChI is InChI=1S/C20H29BrO3/c1-4-23-20(22)13-14(2)12-16-8-10-17(11-9-16)24-19-7-5-6-18(21)15(19)3/h5-7,14,16-17H,4,8-13H2,1-3H3/t14?,16-,17-. The van der Waals surface area contributed by atoms with E-state index in [4.69, 9.17) is 9.47 Å². The van der Waals surface area contributed by atoms with Gasteiger partial charge in [-0.3, -0.25) is 4.79 Å². The van der Waals surface area contributed by atoms with Crippen LogP contribution in [0.25, 0.3) is 0 Å². The van der Waals surface area contributed by atoms with Gasteiger partial charge < -0.3 is 9.47 Å². The number of carbonyl (C=O) groups excluding carboxylic acids is 1. The van der Waals surface area contributed by atoms with Crippen LogP contribution in [0, 0.1) is 18.8 Å². The van der Waals surface area contributed by atoms with Crippen molar-refractivity contribution in [2.24, 2.45) is 11.8 Å². The third-order valence-electron chi connectivity index (χ3n) is 4.86. The lowest BCUT2D eigenvalue weighted by molar-refractivity contribution is -0.144. The van der Waals surface area contributed by atoms with Gasteiger partial charge in [0.05, 0.1) is 12.7 Å². The van der Waals surface area contributed by atoms with Crippen LogP contribution in [0.15, 0.2) is 22.7 Å².